The van der Waals surface area contributed by atoms with Crippen molar-refractivity contribution in [2.24, 2.45) is 16.8 Å². The summed E-state index contributed by atoms with van der Waals surface area (Å²) in [6.45, 7) is 6.36. The highest BCUT2D eigenvalue weighted by molar-refractivity contribution is 5.94. The number of aromatic nitrogens is 1. The van der Waals surface area contributed by atoms with Crippen molar-refractivity contribution in [3.05, 3.63) is 23.5 Å². The van der Waals surface area contributed by atoms with Gasteiger partial charge in [-0.25, -0.2) is 0 Å². The first kappa shape index (κ1) is 19.9. The summed E-state index contributed by atoms with van der Waals surface area (Å²) < 4.78 is 0. The second-order valence-corrected chi connectivity index (χ2v) is 7.22. The molecule has 0 aromatic carbocycles. The highest BCUT2D eigenvalue weighted by Gasteiger charge is 2.23. The zero-order valence-electron chi connectivity index (χ0n) is 16.0. The third kappa shape index (κ3) is 6.47. The van der Waals surface area contributed by atoms with Crippen LogP contribution in [0.2, 0.25) is 0 Å². The molecule has 6 heteroatoms. The van der Waals surface area contributed by atoms with Gasteiger partial charge in [-0.2, -0.15) is 5.26 Å². The van der Waals surface area contributed by atoms with Crippen molar-refractivity contribution >= 4 is 17.4 Å². The molecule has 1 heterocycles. The number of nitriles is 1. The predicted molar refractivity (Wildman–Crippen MR) is 104 cm³/mol. The smallest absolute Gasteiger partial charge is 0.211 e. The van der Waals surface area contributed by atoms with Crippen LogP contribution >= 0.6 is 0 Å². The van der Waals surface area contributed by atoms with Crippen molar-refractivity contribution < 1.29 is 4.79 Å². The summed E-state index contributed by atoms with van der Waals surface area (Å²) in [5, 5.41) is 15.3. The van der Waals surface area contributed by atoms with Crippen molar-refractivity contribution in [2.45, 2.75) is 59.3 Å². The van der Waals surface area contributed by atoms with Gasteiger partial charge in [0, 0.05) is 29.5 Å². The van der Waals surface area contributed by atoms with Gasteiger partial charge in [0.05, 0.1) is 0 Å². The van der Waals surface area contributed by atoms with Crippen molar-refractivity contribution in [3.63, 3.8) is 0 Å². The minimum absolute atomic E-state index is 0.287. The quantitative estimate of drug-likeness (QED) is 0.351. The van der Waals surface area contributed by atoms with E-state index < -0.39 is 0 Å². The lowest BCUT2D eigenvalue weighted by molar-refractivity contribution is -0.121. The van der Waals surface area contributed by atoms with E-state index in [2.05, 4.69) is 20.6 Å². The van der Waals surface area contributed by atoms with Crippen LogP contribution in [0.4, 0.5) is 5.69 Å². The molecular formula is C20H29N5O. The maximum Gasteiger partial charge on any atom is 0.211 e. The molecule has 1 aliphatic carbocycles. The van der Waals surface area contributed by atoms with E-state index in [1.807, 2.05) is 32.2 Å². The van der Waals surface area contributed by atoms with Crippen molar-refractivity contribution in [1.29, 1.82) is 5.26 Å². The number of rotatable bonds is 6. The van der Waals surface area contributed by atoms with Crippen molar-refractivity contribution in [2.75, 3.05) is 11.9 Å². The topological polar surface area (TPSA) is 90.2 Å². The molecule has 0 radical (unpaired) electrons. The largest absolute Gasteiger partial charge is 0.355 e. The van der Waals surface area contributed by atoms with E-state index in [1.165, 1.54) is 0 Å². The Kier molecular flexibility index (Phi) is 7.58. The average Bonchev–Trinajstić information content (AvgIpc) is 2.58. The van der Waals surface area contributed by atoms with Crippen LogP contribution in [-0.2, 0) is 4.79 Å². The number of ketones is 1. The highest BCUT2D eigenvalue weighted by Crippen LogP contribution is 2.31. The van der Waals surface area contributed by atoms with Gasteiger partial charge >= 0.3 is 0 Å². The third-order valence-corrected chi connectivity index (χ3v) is 5.01. The standard InChI is InChI=1S/C20H29N5O/c1-14-11-19(12-15(2)24-14)25-20(23-13-21)22-10-4-5-17-6-8-18(9-7-17)16(3)26/h11-12,17-18H,4-10H2,1-3H3,(H2,22,23,24,25). The lowest BCUT2D eigenvalue weighted by Crippen LogP contribution is -2.31. The van der Waals surface area contributed by atoms with E-state index in [1.54, 1.807) is 6.92 Å². The number of nitrogens with one attached hydrogen (secondary N) is 2. The first-order valence-corrected chi connectivity index (χ1v) is 9.41. The molecule has 0 bridgehead atoms. The molecule has 6 nitrogen and oxygen atoms in total. The van der Waals surface area contributed by atoms with E-state index in [-0.39, 0.29) is 5.92 Å². The number of carbonyl (C=O) groups is 1. The molecule has 0 amide bonds. The molecule has 0 spiro atoms. The molecule has 140 valence electrons. The van der Waals surface area contributed by atoms with Crippen LogP contribution in [0.3, 0.4) is 0 Å². The van der Waals surface area contributed by atoms with Crippen LogP contribution in [-0.4, -0.2) is 23.3 Å². The van der Waals surface area contributed by atoms with Crippen LogP contribution in [0.15, 0.2) is 17.1 Å². The third-order valence-electron chi connectivity index (χ3n) is 5.01. The number of hydrogen-bond donors (Lipinski definition) is 2. The van der Waals surface area contributed by atoms with Gasteiger partial charge in [0.25, 0.3) is 0 Å². The number of pyridine rings is 1. The fourth-order valence-corrected chi connectivity index (χ4v) is 3.66. The Morgan fingerprint density at radius 2 is 1.92 bits per heavy atom. The van der Waals surface area contributed by atoms with E-state index >= 15 is 0 Å². The molecular weight excluding hydrogens is 326 g/mol. The SMILES string of the molecule is CC(=O)C1CCC(CCCN/C(=N/C#N)Nc2cc(C)nc(C)c2)CC1. The molecule has 1 fully saturated rings. The van der Waals surface area contributed by atoms with E-state index in [4.69, 9.17) is 5.26 Å². The molecule has 1 aromatic heterocycles. The van der Waals surface area contributed by atoms with Gasteiger partial charge in [0.1, 0.15) is 5.78 Å². The molecule has 1 saturated carbocycles. The normalized spacial score (nSPS) is 20.3. The zero-order valence-corrected chi connectivity index (χ0v) is 16.0. The fourth-order valence-electron chi connectivity index (χ4n) is 3.66. The Morgan fingerprint density at radius 3 is 2.50 bits per heavy atom. The molecule has 0 unspecified atom stereocenters. The van der Waals surface area contributed by atoms with E-state index in [0.29, 0.717) is 17.7 Å². The minimum Gasteiger partial charge on any atom is -0.355 e. The van der Waals surface area contributed by atoms with Crippen LogP contribution in [0, 0.1) is 37.1 Å². The number of anilines is 1. The summed E-state index contributed by atoms with van der Waals surface area (Å²) in [6, 6.07) is 3.85. The average molecular weight is 355 g/mol. The number of aliphatic imine (C=N–C) groups is 1. The number of hydrogen-bond acceptors (Lipinski definition) is 4. The molecule has 2 rings (SSSR count). The van der Waals surface area contributed by atoms with Gasteiger partial charge in [-0.1, -0.05) is 0 Å². The molecule has 26 heavy (non-hydrogen) atoms. The molecule has 2 N–H and O–H groups in total. The fraction of sp³-hybridized carbons (Fsp3) is 0.600. The van der Waals surface area contributed by atoms with Crippen LogP contribution in [0.25, 0.3) is 0 Å². The minimum atomic E-state index is 0.287. The summed E-state index contributed by atoms with van der Waals surface area (Å²) in [6.07, 6.45) is 8.38. The summed E-state index contributed by atoms with van der Waals surface area (Å²) in [5.41, 5.74) is 2.72. The van der Waals surface area contributed by atoms with Gasteiger partial charge < -0.3 is 10.6 Å². The number of guanidine groups is 1. The van der Waals surface area contributed by atoms with Crippen molar-refractivity contribution in [3.8, 4) is 6.19 Å². The Bertz CT molecular complexity index is 664. The van der Waals surface area contributed by atoms with Gasteiger partial charge in [-0.05, 0) is 77.3 Å². The predicted octanol–water partition coefficient (Wildman–Crippen LogP) is 3.71. The van der Waals surface area contributed by atoms with Gasteiger partial charge in [0.15, 0.2) is 0 Å². The first-order valence-electron chi connectivity index (χ1n) is 9.41. The highest BCUT2D eigenvalue weighted by atomic mass is 16.1. The molecule has 0 saturated heterocycles. The Balaban J connectivity index is 1.75. The first-order chi connectivity index (χ1) is 12.5. The second kappa shape index (κ2) is 9.91. The van der Waals surface area contributed by atoms with Gasteiger partial charge in [-0.15, -0.1) is 4.99 Å². The number of nitrogens with zero attached hydrogens (tertiary/aromatic N) is 3. The summed E-state index contributed by atoms with van der Waals surface area (Å²) in [7, 11) is 0. The van der Waals surface area contributed by atoms with Gasteiger partial charge in [0.2, 0.25) is 12.2 Å². The lowest BCUT2D eigenvalue weighted by Gasteiger charge is -2.27. The van der Waals surface area contributed by atoms with Crippen LogP contribution in [0.1, 0.15) is 56.8 Å². The van der Waals surface area contributed by atoms with Gasteiger partial charge in [-0.3, -0.25) is 9.78 Å². The number of Topliss-reactive ketones (excluding diaryl/α,β-unsaturated/α-hetero) is 1. The molecule has 0 aliphatic heterocycles. The monoisotopic (exact) mass is 355 g/mol. The van der Waals surface area contributed by atoms with Crippen LogP contribution in [0.5, 0.6) is 0 Å². The van der Waals surface area contributed by atoms with Crippen molar-refractivity contribution in [1.82, 2.24) is 10.3 Å². The zero-order chi connectivity index (χ0) is 18.9. The summed E-state index contributed by atoms with van der Waals surface area (Å²) in [4.78, 5) is 19.6. The van der Waals surface area contributed by atoms with E-state index in [9.17, 15) is 4.79 Å². The lowest BCUT2D eigenvalue weighted by atomic mass is 9.78. The Morgan fingerprint density at radius 1 is 1.27 bits per heavy atom. The Hall–Kier alpha value is -2.42. The maximum atomic E-state index is 11.4. The Labute approximate surface area is 156 Å². The summed E-state index contributed by atoms with van der Waals surface area (Å²) >= 11 is 0. The van der Waals surface area contributed by atoms with E-state index in [0.717, 1.165) is 62.1 Å². The summed E-state index contributed by atoms with van der Waals surface area (Å²) in [5.74, 6) is 1.81. The number of carbonyl (C=O) groups excluding carboxylic acids is 1. The number of aryl methyl sites for hydroxylation is 2. The molecule has 1 aromatic rings. The molecule has 0 atom stereocenters. The molecule has 1 aliphatic rings. The van der Waals surface area contributed by atoms with Crippen LogP contribution < -0.4 is 10.6 Å². The maximum absolute atomic E-state index is 11.4. The second-order valence-electron chi connectivity index (χ2n) is 7.22.